The molecule has 2 N–H and O–H groups in total. The molecule has 2 aromatic rings. The standard InChI is InChI=1S/C20H19F3IN3O2/c1-25-8-18(28)26-13-9-27(10-13)20(29)14-4-5-16(21)19(23)15(14)6-11-2-3-12(24)7-17(11)22/h2-5,7,13,25H,6,8-10H2,1H3,(H,26,28). The lowest BCUT2D eigenvalue weighted by Gasteiger charge is -2.40. The summed E-state index contributed by atoms with van der Waals surface area (Å²) in [6.07, 6.45) is -0.246. The third kappa shape index (κ3) is 4.89. The van der Waals surface area contributed by atoms with E-state index in [1.54, 1.807) is 13.1 Å². The van der Waals surface area contributed by atoms with Crippen LogP contribution in [-0.2, 0) is 11.2 Å². The molecule has 2 aromatic carbocycles. The smallest absolute Gasteiger partial charge is 0.254 e. The number of nitrogens with zero attached hydrogens (tertiary/aromatic N) is 1. The van der Waals surface area contributed by atoms with E-state index >= 15 is 0 Å². The number of hydrogen-bond donors (Lipinski definition) is 2. The number of hydrogen-bond acceptors (Lipinski definition) is 3. The van der Waals surface area contributed by atoms with Gasteiger partial charge < -0.3 is 15.5 Å². The minimum absolute atomic E-state index is 0.0122. The molecule has 0 bridgehead atoms. The summed E-state index contributed by atoms with van der Waals surface area (Å²) in [6.45, 7) is 0.703. The minimum Gasteiger partial charge on any atom is -0.349 e. The number of likely N-dealkylation sites (tertiary alicyclic amines) is 1. The quantitative estimate of drug-likeness (QED) is 0.580. The third-order valence-electron chi connectivity index (χ3n) is 4.68. The topological polar surface area (TPSA) is 61.4 Å². The summed E-state index contributed by atoms with van der Waals surface area (Å²) in [5, 5.41) is 5.49. The average molecular weight is 517 g/mol. The van der Waals surface area contributed by atoms with Crippen molar-refractivity contribution in [2.75, 3.05) is 26.7 Å². The van der Waals surface area contributed by atoms with Crippen LogP contribution in [0.1, 0.15) is 21.5 Å². The van der Waals surface area contributed by atoms with Crippen LogP contribution in [0.5, 0.6) is 0 Å². The number of benzene rings is 2. The second kappa shape index (κ2) is 9.12. The molecule has 0 unspecified atom stereocenters. The van der Waals surface area contributed by atoms with Crippen molar-refractivity contribution in [1.29, 1.82) is 0 Å². The largest absolute Gasteiger partial charge is 0.349 e. The van der Waals surface area contributed by atoms with Gasteiger partial charge in [0.2, 0.25) is 5.91 Å². The number of amides is 2. The summed E-state index contributed by atoms with van der Waals surface area (Å²) in [4.78, 5) is 25.8. The predicted octanol–water partition coefficient (Wildman–Crippen LogP) is 2.46. The molecule has 0 saturated carbocycles. The van der Waals surface area contributed by atoms with Gasteiger partial charge in [0.25, 0.3) is 5.91 Å². The van der Waals surface area contributed by atoms with Gasteiger partial charge in [-0.2, -0.15) is 0 Å². The molecule has 154 valence electrons. The van der Waals surface area contributed by atoms with Gasteiger partial charge in [0.1, 0.15) is 5.82 Å². The Bertz CT molecular complexity index is 949. The molecule has 5 nitrogen and oxygen atoms in total. The van der Waals surface area contributed by atoms with Crippen molar-refractivity contribution in [3.8, 4) is 0 Å². The maximum Gasteiger partial charge on any atom is 0.254 e. The van der Waals surface area contributed by atoms with Gasteiger partial charge in [-0.1, -0.05) is 6.07 Å². The fourth-order valence-corrected chi connectivity index (χ4v) is 3.62. The minimum atomic E-state index is -1.16. The zero-order chi connectivity index (χ0) is 21.1. The summed E-state index contributed by atoms with van der Waals surface area (Å²) in [7, 11) is 1.65. The zero-order valence-corrected chi connectivity index (χ0v) is 17.7. The van der Waals surface area contributed by atoms with Crippen molar-refractivity contribution >= 4 is 34.4 Å². The molecule has 2 amide bonds. The van der Waals surface area contributed by atoms with Gasteiger partial charge in [-0.3, -0.25) is 9.59 Å². The molecule has 29 heavy (non-hydrogen) atoms. The maximum absolute atomic E-state index is 14.5. The SMILES string of the molecule is CNCC(=O)NC1CN(C(=O)c2ccc(F)c(F)c2Cc2ccc(I)cc2F)C1. The van der Waals surface area contributed by atoms with Crippen molar-refractivity contribution in [2.45, 2.75) is 12.5 Å². The Morgan fingerprint density at radius 1 is 1.14 bits per heavy atom. The van der Waals surface area contributed by atoms with Gasteiger partial charge in [-0.15, -0.1) is 0 Å². The maximum atomic E-state index is 14.5. The van der Waals surface area contributed by atoms with Crippen LogP contribution >= 0.6 is 22.6 Å². The summed E-state index contributed by atoms with van der Waals surface area (Å²) in [5.41, 5.74) is -0.0237. The molecule has 0 aliphatic carbocycles. The first kappa shape index (κ1) is 21.6. The number of halogens is 4. The van der Waals surface area contributed by atoms with Crippen LogP contribution in [0, 0.1) is 21.0 Å². The molecule has 1 aliphatic rings. The lowest BCUT2D eigenvalue weighted by atomic mass is 9.96. The van der Waals surface area contributed by atoms with Crippen molar-refractivity contribution in [2.24, 2.45) is 0 Å². The number of likely N-dealkylation sites (N-methyl/N-ethyl adjacent to an activating group) is 1. The molecule has 3 rings (SSSR count). The van der Waals surface area contributed by atoms with E-state index in [4.69, 9.17) is 0 Å². The molecule has 1 fully saturated rings. The van der Waals surface area contributed by atoms with Gasteiger partial charge in [0.15, 0.2) is 11.6 Å². The Hall–Kier alpha value is -2.14. The Morgan fingerprint density at radius 2 is 1.86 bits per heavy atom. The van der Waals surface area contributed by atoms with Crippen molar-refractivity contribution in [3.05, 3.63) is 68.0 Å². The molecule has 0 radical (unpaired) electrons. The highest BCUT2D eigenvalue weighted by Crippen LogP contribution is 2.25. The van der Waals surface area contributed by atoms with Crippen LogP contribution in [0.25, 0.3) is 0 Å². The Morgan fingerprint density at radius 3 is 2.52 bits per heavy atom. The molecule has 9 heteroatoms. The van der Waals surface area contributed by atoms with Gasteiger partial charge in [-0.25, -0.2) is 13.2 Å². The predicted molar refractivity (Wildman–Crippen MR) is 110 cm³/mol. The average Bonchev–Trinajstić information content (AvgIpc) is 2.63. The van der Waals surface area contributed by atoms with E-state index in [0.29, 0.717) is 3.57 Å². The molecule has 0 spiro atoms. The second-order valence-electron chi connectivity index (χ2n) is 6.80. The number of nitrogens with one attached hydrogen (secondary N) is 2. The van der Waals surface area contributed by atoms with Gasteiger partial charge in [0, 0.05) is 34.2 Å². The molecular formula is C20H19F3IN3O2. The van der Waals surface area contributed by atoms with Crippen LogP contribution in [0.4, 0.5) is 13.2 Å². The van der Waals surface area contributed by atoms with E-state index in [1.165, 1.54) is 23.1 Å². The summed E-state index contributed by atoms with van der Waals surface area (Å²) in [5.74, 6) is -3.47. The molecule has 0 atom stereocenters. The van der Waals surface area contributed by atoms with Crippen LogP contribution in [-0.4, -0.2) is 49.4 Å². The van der Waals surface area contributed by atoms with E-state index in [9.17, 15) is 22.8 Å². The van der Waals surface area contributed by atoms with E-state index in [-0.39, 0.29) is 54.7 Å². The van der Waals surface area contributed by atoms with E-state index in [1.807, 2.05) is 22.6 Å². The van der Waals surface area contributed by atoms with Gasteiger partial charge >= 0.3 is 0 Å². The number of carbonyl (C=O) groups is 2. The Balaban J connectivity index is 1.79. The van der Waals surface area contributed by atoms with Crippen LogP contribution in [0.3, 0.4) is 0 Å². The first-order valence-corrected chi connectivity index (χ1v) is 10.0. The Labute approximate surface area is 179 Å². The lowest BCUT2D eigenvalue weighted by molar-refractivity contribution is -0.121. The van der Waals surface area contributed by atoms with E-state index in [2.05, 4.69) is 10.6 Å². The van der Waals surface area contributed by atoms with Crippen LogP contribution in [0.15, 0.2) is 30.3 Å². The number of carbonyl (C=O) groups excluding carboxylic acids is 2. The molecule has 0 aromatic heterocycles. The van der Waals surface area contributed by atoms with Crippen LogP contribution < -0.4 is 10.6 Å². The Kier molecular flexibility index (Phi) is 6.78. The van der Waals surface area contributed by atoms with Crippen LogP contribution in [0.2, 0.25) is 0 Å². The first-order chi connectivity index (χ1) is 13.8. The van der Waals surface area contributed by atoms with E-state index in [0.717, 1.165) is 6.07 Å². The highest BCUT2D eigenvalue weighted by Gasteiger charge is 2.34. The lowest BCUT2D eigenvalue weighted by Crippen LogP contribution is -2.61. The molecule has 1 heterocycles. The third-order valence-corrected chi connectivity index (χ3v) is 5.35. The summed E-state index contributed by atoms with van der Waals surface area (Å²) < 4.78 is 43.2. The molecule has 1 aliphatic heterocycles. The van der Waals surface area contributed by atoms with Crippen molar-refractivity contribution < 1.29 is 22.8 Å². The van der Waals surface area contributed by atoms with E-state index < -0.39 is 23.4 Å². The van der Waals surface area contributed by atoms with Crippen molar-refractivity contribution in [3.63, 3.8) is 0 Å². The monoisotopic (exact) mass is 517 g/mol. The zero-order valence-electron chi connectivity index (χ0n) is 15.6. The van der Waals surface area contributed by atoms with Crippen molar-refractivity contribution in [1.82, 2.24) is 15.5 Å². The highest BCUT2D eigenvalue weighted by molar-refractivity contribution is 14.1. The van der Waals surface area contributed by atoms with Gasteiger partial charge in [0.05, 0.1) is 12.6 Å². The fraction of sp³-hybridized carbons (Fsp3) is 0.300. The molecule has 1 saturated heterocycles. The summed E-state index contributed by atoms with van der Waals surface area (Å²) in [6, 6.07) is 6.36. The van der Waals surface area contributed by atoms with Gasteiger partial charge in [-0.05, 0) is 59.5 Å². The molecular weight excluding hydrogens is 498 g/mol. The highest BCUT2D eigenvalue weighted by atomic mass is 127. The fourth-order valence-electron chi connectivity index (χ4n) is 3.17. The second-order valence-corrected chi connectivity index (χ2v) is 8.05. The normalized spacial score (nSPS) is 13.9. The summed E-state index contributed by atoms with van der Waals surface area (Å²) >= 11 is 1.95. The first-order valence-electron chi connectivity index (χ1n) is 8.94. The number of rotatable bonds is 6.